The molecule has 2 heterocycles. The van der Waals surface area contributed by atoms with E-state index >= 15 is 0 Å². The molecule has 0 aliphatic carbocycles. The number of carbonyl (C=O) groups is 2. The Bertz CT molecular complexity index is 1030. The van der Waals surface area contributed by atoms with Crippen LogP contribution in [0.25, 0.3) is 10.8 Å². The molecule has 0 spiro atoms. The number of amides is 1. The van der Waals surface area contributed by atoms with Crippen molar-refractivity contribution < 1.29 is 14.3 Å². The van der Waals surface area contributed by atoms with E-state index in [1.54, 1.807) is 30.3 Å². The number of hydrogen-bond donors (Lipinski definition) is 2. The van der Waals surface area contributed by atoms with Crippen molar-refractivity contribution in [1.29, 1.82) is 0 Å². The van der Waals surface area contributed by atoms with Gasteiger partial charge in [-0.25, -0.2) is 9.78 Å². The largest absolute Gasteiger partial charge is 0.448 e. The number of ether oxygens (including phenoxy) is 1. The van der Waals surface area contributed by atoms with E-state index in [1.165, 1.54) is 25.3 Å². The minimum absolute atomic E-state index is 0.0297. The molecule has 7 nitrogen and oxygen atoms in total. The summed E-state index contributed by atoms with van der Waals surface area (Å²) in [5.41, 5.74) is -0.435. The van der Waals surface area contributed by atoms with Crippen LogP contribution in [0.5, 0.6) is 0 Å². The topological polar surface area (TPSA) is 101 Å². The Hall–Kier alpha value is -3.19. The third-order valence-electron chi connectivity index (χ3n) is 3.61. The smallest absolute Gasteiger partial charge is 0.355 e. The summed E-state index contributed by atoms with van der Waals surface area (Å²) in [6.07, 6.45) is 0.295. The summed E-state index contributed by atoms with van der Waals surface area (Å²) in [4.78, 5) is 42.8. The molecule has 26 heavy (non-hydrogen) atoms. The Kier molecular flexibility index (Phi) is 4.99. The van der Waals surface area contributed by atoms with Gasteiger partial charge in [0.1, 0.15) is 11.5 Å². The molecule has 8 heteroatoms. The van der Waals surface area contributed by atoms with Crippen molar-refractivity contribution in [2.75, 3.05) is 5.32 Å². The lowest BCUT2D eigenvalue weighted by Gasteiger charge is -2.13. The number of nitrogens with one attached hydrogen (secondary N) is 2. The van der Waals surface area contributed by atoms with Gasteiger partial charge >= 0.3 is 5.97 Å². The number of esters is 1. The fraction of sp³-hybridized carbons (Fsp3) is 0.111. The summed E-state index contributed by atoms with van der Waals surface area (Å²) >= 11 is 5.73. The van der Waals surface area contributed by atoms with E-state index in [-0.39, 0.29) is 11.5 Å². The molecule has 3 rings (SSSR count). The lowest BCUT2D eigenvalue weighted by molar-refractivity contribution is -0.123. The molecule has 3 aromatic rings. The molecule has 2 aromatic heterocycles. The van der Waals surface area contributed by atoms with Gasteiger partial charge in [-0.15, -0.1) is 0 Å². The number of pyridine rings is 2. The summed E-state index contributed by atoms with van der Waals surface area (Å²) in [6.45, 7) is 1.42. The average molecular weight is 372 g/mol. The van der Waals surface area contributed by atoms with Gasteiger partial charge in [0.25, 0.3) is 11.5 Å². The Labute approximate surface area is 153 Å². The number of anilines is 1. The van der Waals surface area contributed by atoms with Crippen LogP contribution in [0, 0.1) is 0 Å². The van der Waals surface area contributed by atoms with Crippen molar-refractivity contribution in [3.63, 3.8) is 0 Å². The predicted molar refractivity (Wildman–Crippen MR) is 97.3 cm³/mol. The first-order valence-electron chi connectivity index (χ1n) is 7.69. The quantitative estimate of drug-likeness (QED) is 0.687. The number of aromatic nitrogens is 2. The summed E-state index contributed by atoms with van der Waals surface area (Å²) in [5, 5.41) is 4.01. The highest BCUT2D eigenvalue weighted by Gasteiger charge is 2.20. The van der Waals surface area contributed by atoms with Crippen LogP contribution in [-0.2, 0) is 9.53 Å². The van der Waals surface area contributed by atoms with Crippen LogP contribution in [0.1, 0.15) is 17.4 Å². The van der Waals surface area contributed by atoms with Crippen LogP contribution >= 0.6 is 11.6 Å². The minimum atomic E-state index is -1.09. The molecule has 1 aromatic carbocycles. The van der Waals surface area contributed by atoms with Gasteiger partial charge in [-0.1, -0.05) is 29.8 Å². The van der Waals surface area contributed by atoms with E-state index in [4.69, 9.17) is 16.3 Å². The molecule has 0 aliphatic heterocycles. The Morgan fingerprint density at radius 2 is 2.00 bits per heavy atom. The fourth-order valence-electron chi connectivity index (χ4n) is 2.28. The highest BCUT2D eigenvalue weighted by Crippen LogP contribution is 2.12. The third kappa shape index (κ3) is 3.89. The van der Waals surface area contributed by atoms with E-state index in [0.717, 1.165) is 0 Å². The van der Waals surface area contributed by atoms with Gasteiger partial charge in [0.15, 0.2) is 6.10 Å². The molecule has 0 radical (unpaired) electrons. The zero-order chi connectivity index (χ0) is 18.7. The lowest BCUT2D eigenvalue weighted by Crippen LogP contribution is -2.31. The van der Waals surface area contributed by atoms with Gasteiger partial charge in [-0.3, -0.25) is 9.59 Å². The standard InChI is InChI=1S/C18H14ClN3O4/c1-10(16(23)22-15-7-6-12(19)9-20-15)26-18(25)14-8-11-4-2-3-5-13(11)17(24)21-14/h2-10H,1H3,(H,21,24)(H,20,22,23). The maximum atomic E-state index is 12.2. The van der Waals surface area contributed by atoms with Crippen LogP contribution in [0.15, 0.2) is 53.5 Å². The van der Waals surface area contributed by atoms with Crippen molar-refractivity contribution in [2.24, 2.45) is 0 Å². The fourth-order valence-corrected chi connectivity index (χ4v) is 2.39. The Morgan fingerprint density at radius 3 is 2.73 bits per heavy atom. The minimum Gasteiger partial charge on any atom is -0.448 e. The predicted octanol–water partition coefficient (Wildman–Crippen LogP) is 2.76. The number of H-pyrrole nitrogens is 1. The summed E-state index contributed by atoms with van der Waals surface area (Å²) in [5.74, 6) is -1.09. The molecule has 0 fully saturated rings. The van der Waals surface area contributed by atoms with E-state index in [2.05, 4.69) is 15.3 Å². The van der Waals surface area contributed by atoms with Gasteiger partial charge in [-0.05, 0) is 36.6 Å². The Morgan fingerprint density at radius 1 is 1.23 bits per heavy atom. The first-order valence-corrected chi connectivity index (χ1v) is 8.07. The second-order valence-electron chi connectivity index (χ2n) is 5.50. The van der Waals surface area contributed by atoms with Crippen LogP contribution < -0.4 is 10.9 Å². The van der Waals surface area contributed by atoms with Gasteiger partial charge in [0, 0.05) is 11.6 Å². The number of nitrogens with zero attached hydrogens (tertiary/aromatic N) is 1. The highest BCUT2D eigenvalue weighted by molar-refractivity contribution is 6.30. The number of hydrogen-bond acceptors (Lipinski definition) is 5. The maximum absolute atomic E-state index is 12.2. The van der Waals surface area contributed by atoms with E-state index in [0.29, 0.717) is 15.8 Å². The molecule has 0 saturated heterocycles. The van der Waals surface area contributed by atoms with Crippen LogP contribution in [0.3, 0.4) is 0 Å². The van der Waals surface area contributed by atoms with Crippen molar-refractivity contribution in [2.45, 2.75) is 13.0 Å². The van der Waals surface area contributed by atoms with Crippen molar-refractivity contribution >= 4 is 40.1 Å². The molecule has 2 N–H and O–H groups in total. The zero-order valence-corrected chi connectivity index (χ0v) is 14.4. The molecule has 0 aliphatic rings. The lowest BCUT2D eigenvalue weighted by atomic mass is 10.1. The van der Waals surface area contributed by atoms with Crippen molar-refractivity contribution in [1.82, 2.24) is 9.97 Å². The Balaban J connectivity index is 1.71. The highest BCUT2D eigenvalue weighted by atomic mass is 35.5. The SMILES string of the molecule is CC(OC(=O)c1cc2ccccc2c(=O)[nH]1)C(=O)Nc1ccc(Cl)cn1. The first kappa shape index (κ1) is 17.6. The maximum Gasteiger partial charge on any atom is 0.355 e. The van der Waals surface area contributed by atoms with Gasteiger partial charge in [0.2, 0.25) is 0 Å². The van der Waals surface area contributed by atoms with E-state index in [1.807, 2.05) is 0 Å². The molecule has 1 unspecified atom stereocenters. The van der Waals surface area contributed by atoms with Gasteiger partial charge in [0.05, 0.1) is 5.02 Å². The summed E-state index contributed by atoms with van der Waals surface area (Å²) in [6, 6.07) is 11.4. The van der Waals surface area contributed by atoms with Crippen LogP contribution in [0.4, 0.5) is 5.82 Å². The monoisotopic (exact) mass is 371 g/mol. The number of rotatable bonds is 4. The summed E-state index contributed by atoms with van der Waals surface area (Å²) < 4.78 is 5.12. The van der Waals surface area contributed by atoms with Crippen LogP contribution in [0.2, 0.25) is 5.02 Å². The van der Waals surface area contributed by atoms with Crippen molar-refractivity contribution in [3.8, 4) is 0 Å². The molecular formula is C18H14ClN3O4. The average Bonchev–Trinajstić information content (AvgIpc) is 2.63. The first-order chi connectivity index (χ1) is 12.4. The van der Waals surface area contributed by atoms with E-state index < -0.39 is 23.5 Å². The van der Waals surface area contributed by atoms with Gasteiger partial charge in [-0.2, -0.15) is 0 Å². The van der Waals surface area contributed by atoms with Crippen molar-refractivity contribution in [3.05, 3.63) is 69.7 Å². The number of benzene rings is 1. The molecular weight excluding hydrogens is 358 g/mol. The normalized spacial score (nSPS) is 11.8. The zero-order valence-electron chi connectivity index (χ0n) is 13.7. The second kappa shape index (κ2) is 7.37. The summed E-state index contributed by atoms with van der Waals surface area (Å²) in [7, 11) is 0. The molecule has 1 atom stereocenters. The number of aromatic amines is 1. The molecule has 0 bridgehead atoms. The number of carbonyl (C=O) groups excluding carboxylic acids is 2. The molecule has 1 amide bonds. The van der Waals surface area contributed by atoms with E-state index in [9.17, 15) is 14.4 Å². The van der Waals surface area contributed by atoms with Gasteiger partial charge < -0.3 is 15.0 Å². The molecule has 132 valence electrons. The van der Waals surface area contributed by atoms with Crippen LogP contribution in [-0.4, -0.2) is 27.9 Å². The number of fused-ring (bicyclic) bond motifs is 1. The number of halogens is 1. The second-order valence-corrected chi connectivity index (χ2v) is 5.93. The molecule has 0 saturated carbocycles. The third-order valence-corrected chi connectivity index (χ3v) is 3.83.